The quantitative estimate of drug-likeness (QED) is 0.520. The molecule has 1 N–H and O–H groups in total. The van der Waals surface area contributed by atoms with Crippen molar-refractivity contribution < 1.29 is 18.0 Å². The third-order valence-electron chi connectivity index (χ3n) is 4.89. The van der Waals surface area contributed by atoms with Crippen LogP contribution in [-0.4, -0.2) is 50.5 Å². The van der Waals surface area contributed by atoms with Crippen molar-refractivity contribution >= 4 is 50.7 Å². The lowest BCUT2D eigenvalue weighted by Gasteiger charge is -2.31. The molecule has 0 spiro atoms. The summed E-state index contributed by atoms with van der Waals surface area (Å²) in [4.78, 5) is 27.5. The van der Waals surface area contributed by atoms with Crippen LogP contribution in [0, 0.1) is 5.92 Å². The van der Waals surface area contributed by atoms with Crippen LogP contribution in [0.3, 0.4) is 0 Å². The molecule has 33 heavy (non-hydrogen) atoms. The predicted octanol–water partition coefficient (Wildman–Crippen LogP) is 3.95. The van der Waals surface area contributed by atoms with Crippen molar-refractivity contribution in [1.29, 1.82) is 0 Å². The van der Waals surface area contributed by atoms with Crippen molar-refractivity contribution in [3.63, 3.8) is 0 Å². The maximum atomic E-state index is 13.4. The lowest BCUT2D eigenvalue weighted by atomic mass is 10.1. The lowest BCUT2D eigenvalue weighted by molar-refractivity contribution is -0.139. The van der Waals surface area contributed by atoms with Crippen molar-refractivity contribution in [2.45, 2.75) is 33.4 Å². The number of hydrogen-bond acceptors (Lipinski definition) is 4. The van der Waals surface area contributed by atoms with E-state index in [2.05, 4.69) is 5.32 Å². The van der Waals surface area contributed by atoms with E-state index in [1.807, 2.05) is 13.8 Å². The van der Waals surface area contributed by atoms with E-state index in [-0.39, 0.29) is 29.1 Å². The smallest absolute Gasteiger partial charge is 0.244 e. The number of nitrogens with zero attached hydrogens (tertiary/aromatic N) is 2. The molecule has 2 amide bonds. The summed E-state index contributed by atoms with van der Waals surface area (Å²) in [7, 11) is -3.84. The fourth-order valence-corrected chi connectivity index (χ4v) is 4.48. The molecule has 0 unspecified atom stereocenters. The van der Waals surface area contributed by atoms with Crippen LogP contribution < -0.4 is 9.62 Å². The highest BCUT2D eigenvalue weighted by Gasteiger charge is 2.30. The van der Waals surface area contributed by atoms with Gasteiger partial charge in [-0.15, -0.1) is 0 Å². The first-order valence-corrected chi connectivity index (χ1v) is 13.0. The number of sulfonamides is 1. The zero-order valence-electron chi connectivity index (χ0n) is 19.1. The summed E-state index contributed by atoms with van der Waals surface area (Å²) in [5.74, 6) is -0.644. The van der Waals surface area contributed by atoms with Gasteiger partial charge in [-0.1, -0.05) is 61.3 Å². The minimum absolute atomic E-state index is 0.0791. The summed E-state index contributed by atoms with van der Waals surface area (Å²) in [6.07, 6.45) is 1.00. The zero-order valence-corrected chi connectivity index (χ0v) is 21.4. The number of nitrogens with one attached hydrogen (secondary N) is 1. The summed E-state index contributed by atoms with van der Waals surface area (Å²) < 4.78 is 26.0. The van der Waals surface area contributed by atoms with Gasteiger partial charge < -0.3 is 10.2 Å². The van der Waals surface area contributed by atoms with Gasteiger partial charge in [0.1, 0.15) is 12.6 Å². The number of halogens is 2. The van der Waals surface area contributed by atoms with Crippen LogP contribution in [0.15, 0.2) is 48.5 Å². The van der Waals surface area contributed by atoms with Crippen LogP contribution in [0.4, 0.5) is 5.69 Å². The molecule has 2 aromatic rings. The fourth-order valence-electron chi connectivity index (χ4n) is 3.12. The van der Waals surface area contributed by atoms with Gasteiger partial charge in [0, 0.05) is 18.1 Å². The van der Waals surface area contributed by atoms with Gasteiger partial charge in [0.2, 0.25) is 21.8 Å². The van der Waals surface area contributed by atoms with Crippen LogP contribution in [0.2, 0.25) is 10.0 Å². The van der Waals surface area contributed by atoms with E-state index >= 15 is 0 Å². The number of anilines is 1. The molecule has 0 aromatic heterocycles. The molecule has 180 valence electrons. The molecule has 0 aliphatic carbocycles. The Bertz CT molecular complexity index is 1090. The minimum Gasteiger partial charge on any atom is -0.354 e. The van der Waals surface area contributed by atoms with Crippen molar-refractivity contribution in [3.8, 4) is 0 Å². The van der Waals surface area contributed by atoms with Crippen LogP contribution in [0.25, 0.3) is 0 Å². The molecule has 1 atom stereocenters. The normalized spacial score (nSPS) is 12.3. The standard InChI is InChI=1S/C23H29Cl2N3O4S/c1-16(2)13-26-23(30)17(3)27(14-18-8-7-9-19(24)12-18)22(29)15-28(33(4,31)32)21-11-6-5-10-20(21)25/h5-12,16-17H,13-15H2,1-4H3,(H,26,30)/t17-/m1/s1. The van der Waals surface area contributed by atoms with E-state index in [4.69, 9.17) is 23.2 Å². The molecule has 0 aliphatic rings. The van der Waals surface area contributed by atoms with Crippen molar-refractivity contribution in [3.05, 3.63) is 64.1 Å². The number of benzene rings is 2. The second kappa shape index (κ2) is 11.7. The Kier molecular flexibility index (Phi) is 9.57. The monoisotopic (exact) mass is 513 g/mol. The van der Waals surface area contributed by atoms with E-state index in [1.54, 1.807) is 49.4 Å². The van der Waals surface area contributed by atoms with E-state index in [1.165, 1.54) is 11.0 Å². The number of carbonyl (C=O) groups is 2. The third-order valence-corrected chi connectivity index (χ3v) is 6.58. The predicted molar refractivity (Wildman–Crippen MR) is 133 cm³/mol. The van der Waals surface area contributed by atoms with Gasteiger partial charge in [-0.05, 0) is 42.7 Å². The molecule has 2 rings (SSSR count). The molecule has 7 nitrogen and oxygen atoms in total. The van der Waals surface area contributed by atoms with E-state index in [0.29, 0.717) is 17.1 Å². The van der Waals surface area contributed by atoms with Gasteiger partial charge in [0.05, 0.1) is 17.0 Å². The van der Waals surface area contributed by atoms with Crippen molar-refractivity contribution in [2.75, 3.05) is 23.7 Å². The number of carbonyl (C=O) groups excluding carboxylic acids is 2. The second-order valence-electron chi connectivity index (χ2n) is 8.19. The maximum absolute atomic E-state index is 13.4. The van der Waals surface area contributed by atoms with Gasteiger partial charge >= 0.3 is 0 Å². The molecule has 0 fully saturated rings. The highest BCUT2D eigenvalue weighted by molar-refractivity contribution is 7.92. The minimum atomic E-state index is -3.84. The Morgan fingerprint density at radius 1 is 1.03 bits per heavy atom. The summed E-state index contributed by atoms with van der Waals surface area (Å²) in [6.45, 7) is 5.57. The largest absolute Gasteiger partial charge is 0.354 e. The SMILES string of the molecule is CC(C)CNC(=O)[C@@H](C)N(Cc1cccc(Cl)c1)C(=O)CN(c1ccccc1Cl)S(C)(=O)=O. The summed E-state index contributed by atoms with van der Waals surface area (Å²) in [5, 5.41) is 3.51. The Labute approximate surface area is 205 Å². The summed E-state index contributed by atoms with van der Waals surface area (Å²) in [6, 6.07) is 12.5. The average molecular weight is 514 g/mol. The molecular weight excluding hydrogens is 485 g/mol. The third kappa shape index (κ3) is 7.91. The highest BCUT2D eigenvalue weighted by atomic mass is 35.5. The van der Waals surface area contributed by atoms with Crippen molar-refractivity contribution in [1.82, 2.24) is 10.2 Å². The molecule has 0 aliphatic heterocycles. The topological polar surface area (TPSA) is 86.8 Å². The molecule has 0 heterocycles. The second-order valence-corrected chi connectivity index (χ2v) is 10.9. The first-order chi connectivity index (χ1) is 15.4. The van der Waals surface area contributed by atoms with Gasteiger partial charge in [-0.25, -0.2) is 8.42 Å². The molecule has 2 aromatic carbocycles. The Morgan fingerprint density at radius 3 is 2.27 bits per heavy atom. The zero-order chi connectivity index (χ0) is 24.8. The van der Waals surface area contributed by atoms with Gasteiger partial charge in [0.15, 0.2) is 0 Å². The molecule has 0 saturated heterocycles. The fraction of sp³-hybridized carbons (Fsp3) is 0.391. The maximum Gasteiger partial charge on any atom is 0.244 e. The Morgan fingerprint density at radius 2 is 1.70 bits per heavy atom. The van der Waals surface area contributed by atoms with Crippen LogP contribution in [0.1, 0.15) is 26.3 Å². The van der Waals surface area contributed by atoms with E-state index in [9.17, 15) is 18.0 Å². The Hall–Kier alpha value is -2.29. The first kappa shape index (κ1) is 27.0. The van der Waals surface area contributed by atoms with Gasteiger partial charge in [-0.2, -0.15) is 0 Å². The molecular formula is C23H29Cl2N3O4S. The van der Waals surface area contributed by atoms with Crippen LogP contribution in [-0.2, 0) is 26.2 Å². The van der Waals surface area contributed by atoms with Gasteiger partial charge in [0.25, 0.3) is 0 Å². The van der Waals surface area contributed by atoms with Gasteiger partial charge in [-0.3, -0.25) is 13.9 Å². The molecule has 0 radical (unpaired) electrons. The molecule has 0 saturated carbocycles. The lowest BCUT2D eigenvalue weighted by Crippen LogP contribution is -2.51. The first-order valence-electron chi connectivity index (χ1n) is 10.4. The van der Waals surface area contributed by atoms with Crippen LogP contribution in [0.5, 0.6) is 0 Å². The number of para-hydroxylation sites is 1. The number of amides is 2. The van der Waals surface area contributed by atoms with E-state index in [0.717, 1.165) is 10.6 Å². The molecule has 10 heteroatoms. The highest BCUT2D eigenvalue weighted by Crippen LogP contribution is 2.27. The van der Waals surface area contributed by atoms with Crippen molar-refractivity contribution in [2.24, 2.45) is 5.92 Å². The average Bonchev–Trinajstić information content (AvgIpc) is 2.73. The molecule has 0 bridgehead atoms. The summed E-state index contributed by atoms with van der Waals surface area (Å²) in [5.41, 5.74) is 0.901. The number of hydrogen-bond donors (Lipinski definition) is 1. The number of rotatable bonds is 10. The summed E-state index contributed by atoms with van der Waals surface area (Å²) >= 11 is 12.3. The van der Waals surface area contributed by atoms with Crippen LogP contribution >= 0.6 is 23.2 Å². The van der Waals surface area contributed by atoms with E-state index < -0.39 is 28.5 Å². The Balaban J connectivity index is 2.38.